The van der Waals surface area contributed by atoms with Gasteiger partial charge in [-0.05, 0) is 51.2 Å². The van der Waals surface area contributed by atoms with Crippen molar-refractivity contribution in [3.63, 3.8) is 0 Å². The third kappa shape index (κ3) is 4.64. The fourth-order valence-corrected chi connectivity index (χ4v) is 4.69. The van der Waals surface area contributed by atoms with Crippen LogP contribution in [0.25, 0.3) is 0 Å². The number of halogens is 1. The first-order valence-electron chi connectivity index (χ1n) is 7.58. The van der Waals surface area contributed by atoms with Crippen LogP contribution in [-0.2, 0) is 5.75 Å². The van der Waals surface area contributed by atoms with Gasteiger partial charge in [-0.1, -0.05) is 29.8 Å². The van der Waals surface area contributed by atoms with Gasteiger partial charge in [-0.3, -0.25) is 5.32 Å². The number of nitrogens with zero attached hydrogens (tertiary/aromatic N) is 1. The molecule has 2 atom stereocenters. The number of nitrogens with one attached hydrogen (secondary N) is 1. The lowest BCUT2D eigenvalue weighted by Gasteiger charge is -2.37. The topological polar surface area (TPSA) is 35.8 Å². The molecule has 1 aliphatic carbocycles. The first-order valence-corrected chi connectivity index (χ1v) is 9.01. The first kappa shape index (κ1) is 16.7. The molecule has 2 unspecified atom stereocenters. The Morgan fingerprint density at radius 2 is 2.24 bits per heavy atom. The average molecular weight is 323 g/mol. The molecule has 0 aliphatic heterocycles. The zero-order chi connectivity index (χ0) is 15.3. The third-order valence-electron chi connectivity index (χ3n) is 3.92. The van der Waals surface area contributed by atoms with Gasteiger partial charge in [0.05, 0.1) is 6.07 Å². The Morgan fingerprint density at radius 1 is 1.48 bits per heavy atom. The standard InChI is InChI=1S/C17H23ClN2S/c1-13(2)20-17(12-19)9-5-7-15(10-17)21-11-14-6-3-4-8-16(14)18/h3-4,6,8,13,15,20H,5,7,9-11H2,1-2H3. The molecule has 1 aromatic carbocycles. The van der Waals surface area contributed by atoms with Crippen molar-refractivity contribution in [1.82, 2.24) is 5.32 Å². The second-order valence-corrected chi connectivity index (χ2v) is 7.81. The summed E-state index contributed by atoms with van der Waals surface area (Å²) < 4.78 is 0. The van der Waals surface area contributed by atoms with E-state index in [-0.39, 0.29) is 5.54 Å². The molecule has 0 heterocycles. The molecule has 1 aliphatic rings. The summed E-state index contributed by atoms with van der Waals surface area (Å²) in [6.45, 7) is 4.22. The Balaban J connectivity index is 1.95. The van der Waals surface area contributed by atoms with Crippen LogP contribution < -0.4 is 5.32 Å². The van der Waals surface area contributed by atoms with Crippen molar-refractivity contribution >= 4 is 23.4 Å². The van der Waals surface area contributed by atoms with Crippen LogP contribution in [0.2, 0.25) is 5.02 Å². The summed E-state index contributed by atoms with van der Waals surface area (Å²) in [5, 5.41) is 14.4. The van der Waals surface area contributed by atoms with Gasteiger partial charge >= 0.3 is 0 Å². The summed E-state index contributed by atoms with van der Waals surface area (Å²) >= 11 is 8.15. The Morgan fingerprint density at radius 3 is 2.90 bits per heavy atom. The SMILES string of the molecule is CC(C)NC1(C#N)CCCC(SCc2ccccc2Cl)C1. The molecule has 0 aromatic heterocycles. The van der Waals surface area contributed by atoms with Crippen molar-refractivity contribution in [3.8, 4) is 6.07 Å². The van der Waals surface area contributed by atoms with Gasteiger partial charge in [-0.2, -0.15) is 17.0 Å². The number of hydrogen-bond donors (Lipinski definition) is 1. The number of nitriles is 1. The predicted octanol–water partition coefficient (Wildman–Crippen LogP) is 4.78. The smallest absolute Gasteiger partial charge is 0.108 e. The zero-order valence-electron chi connectivity index (χ0n) is 12.7. The van der Waals surface area contributed by atoms with Crippen molar-refractivity contribution in [2.45, 2.75) is 62.1 Å². The molecule has 114 valence electrons. The van der Waals surface area contributed by atoms with Gasteiger partial charge in [-0.15, -0.1) is 0 Å². The molecule has 1 N–H and O–H groups in total. The van der Waals surface area contributed by atoms with Crippen LogP contribution in [0, 0.1) is 11.3 Å². The summed E-state index contributed by atoms with van der Waals surface area (Å²) in [5.41, 5.74) is 0.846. The fourth-order valence-electron chi connectivity index (χ4n) is 3.01. The Hall–Kier alpha value is -0.690. The van der Waals surface area contributed by atoms with E-state index in [0.717, 1.165) is 30.0 Å². The number of hydrogen-bond acceptors (Lipinski definition) is 3. The lowest BCUT2D eigenvalue weighted by atomic mass is 9.82. The van der Waals surface area contributed by atoms with E-state index < -0.39 is 0 Å². The van der Waals surface area contributed by atoms with Gasteiger partial charge in [0.1, 0.15) is 5.54 Å². The summed E-state index contributed by atoms with van der Waals surface area (Å²) in [4.78, 5) is 0. The van der Waals surface area contributed by atoms with Crippen molar-refractivity contribution in [1.29, 1.82) is 5.26 Å². The molecule has 4 heteroatoms. The minimum absolute atomic E-state index is 0.343. The molecule has 0 radical (unpaired) electrons. The quantitative estimate of drug-likeness (QED) is 0.847. The van der Waals surface area contributed by atoms with Crippen LogP contribution in [0.3, 0.4) is 0 Å². The average Bonchev–Trinajstić information content (AvgIpc) is 2.46. The third-order valence-corrected chi connectivity index (χ3v) is 5.64. The molecule has 0 amide bonds. The van der Waals surface area contributed by atoms with Crippen LogP contribution >= 0.6 is 23.4 Å². The molecule has 2 nitrogen and oxygen atoms in total. The highest BCUT2D eigenvalue weighted by atomic mass is 35.5. The normalized spacial score (nSPS) is 25.8. The van der Waals surface area contributed by atoms with Gasteiger partial charge in [0.25, 0.3) is 0 Å². The molecular formula is C17H23ClN2S. The zero-order valence-corrected chi connectivity index (χ0v) is 14.3. The van der Waals surface area contributed by atoms with E-state index in [1.165, 1.54) is 12.0 Å². The van der Waals surface area contributed by atoms with E-state index in [0.29, 0.717) is 11.3 Å². The van der Waals surface area contributed by atoms with Crippen molar-refractivity contribution < 1.29 is 0 Å². The Kier molecular flexibility index (Phi) is 5.98. The fraction of sp³-hybridized carbons (Fsp3) is 0.588. The highest BCUT2D eigenvalue weighted by Gasteiger charge is 2.36. The molecule has 1 fully saturated rings. The summed E-state index contributed by atoms with van der Waals surface area (Å²) in [5.74, 6) is 0.924. The van der Waals surface area contributed by atoms with E-state index in [2.05, 4.69) is 31.3 Å². The lowest BCUT2D eigenvalue weighted by Crippen LogP contribution is -2.51. The molecule has 0 spiro atoms. The van der Waals surface area contributed by atoms with E-state index in [1.807, 2.05) is 30.0 Å². The summed E-state index contributed by atoms with van der Waals surface area (Å²) in [7, 11) is 0. The van der Waals surface area contributed by atoms with E-state index in [4.69, 9.17) is 11.6 Å². The van der Waals surface area contributed by atoms with Crippen molar-refractivity contribution in [3.05, 3.63) is 34.9 Å². The van der Waals surface area contributed by atoms with E-state index in [1.54, 1.807) is 0 Å². The van der Waals surface area contributed by atoms with Gasteiger partial charge in [-0.25, -0.2) is 0 Å². The van der Waals surface area contributed by atoms with E-state index >= 15 is 0 Å². The molecule has 0 bridgehead atoms. The predicted molar refractivity (Wildman–Crippen MR) is 91.6 cm³/mol. The Bertz CT molecular complexity index is 512. The summed E-state index contributed by atoms with van der Waals surface area (Å²) in [6, 6.07) is 10.9. The number of rotatable bonds is 5. The lowest BCUT2D eigenvalue weighted by molar-refractivity contribution is 0.284. The maximum atomic E-state index is 9.59. The van der Waals surface area contributed by atoms with Crippen LogP contribution in [-0.4, -0.2) is 16.8 Å². The minimum Gasteiger partial charge on any atom is -0.297 e. The minimum atomic E-state index is -0.343. The van der Waals surface area contributed by atoms with Gasteiger partial charge < -0.3 is 0 Å². The highest BCUT2D eigenvalue weighted by molar-refractivity contribution is 7.99. The monoisotopic (exact) mass is 322 g/mol. The Labute approximate surface area is 137 Å². The van der Waals surface area contributed by atoms with Gasteiger partial charge in [0.2, 0.25) is 0 Å². The van der Waals surface area contributed by atoms with Gasteiger partial charge in [0.15, 0.2) is 0 Å². The highest BCUT2D eigenvalue weighted by Crippen LogP contribution is 2.37. The molecule has 0 saturated heterocycles. The second-order valence-electron chi connectivity index (χ2n) is 6.11. The van der Waals surface area contributed by atoms with E-state index in [9.17, 15) is 5.26 Å². The number of benzene rings is 1. The maximum absolute atomic E-state index is 9.59. The first-order chi connectivity index (χ1) is 10.0. The van der Waals surface area contributed by atoms with Crippen LogP contribution in [0.4, 0.5) is 0 Å². The maximum Gasteiger partial charge on any atom is 0.108 e. The summed E-state index contributed by atoms with van der Waals surface area (Å²) in [6.07, 6.45) is 4.20. The largest absolute Gasteiger partial charge is 0.297 e. The van der Waals surface area contributed by atoms with Crippen molar-refractivity contribution in [2.24, 2.45) is 0 Å². The molecule has 1 aromatic rings. The molecule has 21 heavy (non-hydrogen) atoms. The molecule has 2 rings (SSSR count). The number of thioether (sulfide) groups is 1. The van der Waals surface area contributed by atoms with Crippen LogP contribution in [0.5, 0.6) is 0 Å². The molecular weight excluding hydrogens is 300 g/mol. The second kappa shape index (κ2) is 7.54. The van der Waals surface area contributed by atoms with Crippen molar-refractivity contribution in [2.75, 3.05) is 0 Å². The van der Waals surface area contributed by atoms with Gasteiger partial charge in [0, 0.05) is 22.1 Å². The van der Waals surface area contributed by atoms with Crippen LogP contribution in [0.1, 0.15) is 45.1 Å². The molecule has 1 saturated carbocycles. The van der Waals surface area contributed by atoms with Crippen LogP contribution in [0.15, 0.2) is 24.3 Å².